The van der Waals surface area contributed by atoms with E-state index in [1.807, 2.05) is 54.3 Å². The Balaban J connectivity index is 1.34. The molecule has 0 bridgehead atoms. The monoisotopic (exact) mass is 474 g/mol. The molecule has 2 aromatic carbocycles. The number of furan rings is 1. The van der Waals surface area contributed by atoms with E-state index >= 15 is 0 Å². The minimum absolute atomic E-state index is 0.0599. The number of anilines is 1. The molecule has 1 atom stereocenters. The Hall–Kier alpha value is -3.52. The van der Waals surface area contributed by atoms with Crippen LogP contribution in [0.2, 0.25) is 0 Å². The Morgan fingerprint density at radius 3 is 2.47 bits per heavy atom. The van der Waals surface area contributed by atoms with Crippen molar-refractivity contribution in [3.8, 4) is 0 Å². The van der Waals surface area contributed by atoms with Gasteiger partial charge in [0.1, 0.15) is 5.76 Å². The molecule has 4 aromatic rings. The summed E-state index contributed by atoms with van der Waals surface area (Å²) in [6.45, 7) is 5.08. The van der Waals surface area contributed by atoms with Gasteiger partial charge in [-0.3, -0.25) is 14.2 Å². The lowest BCUT2D eigenvalue weighted by atomic mass is 10.2. The summed E-state index contributed by atoms with van der Waals surface area (Å²) in [5.74, 6) is 0.724. The van der Waals surface area contributed by atoms with Gasteiger partial charge in [0.05, 0.1) is 29.0 Å². The van der Waals surface area contributed by atoms with Crippen molar-refractivity contribution in [2.45, 2.75) is 23.9 Å². The second-order valence-corrected chi connectivity index (χ2v) is 9.60. The topological polar surface area (TPSA) is 71.6 Å². The zero-order valence-electron chi connectivity index (χ0n) is 19.0. The van der Waals surface area contributed by atoms with Gasteiger partial charge >= 0.3 is 0 Å². The summed E-state index contributed by atoms with van der Waals surface area (Å²) in [7, 11) is 0. The fraction of sp³-hybridized carbons (Fsp3) is 0.269. The third-order valence-corrected chi connectivity index (χ3v) is 7.14. The second kappa shape index (κ2) is 9.77. The molecular weight excluding hydrogens is 448 g/mol. The van der Waals surface area contributed by atoms with E-state index in [9.17, 15) is 9.59 Å². The van der Waals surface area contributed by atoms with Gasteiger partial charge in [0.25, 0.3) is 5.56 Å². The lowest BCUT2D eigenvalue weighted by Crippen LogP contribution is -2.50. The highest BCUT2D eigenvalue weighted by molar-refractivity contribution is 8.00. The van der Waals surface area contributed by atoms with E-state index in [0.717, 1.165) is 13.1 Å². The predicted molar refractivity (Wildman–Crippen MR) is 134 cm³/mol. The maximum absolute atomic E-state index is 13.3. The Morgan fingerprint density at radius 2 is 1.74 bits per heavy atom. The first-order chi connectivity index (χ1) is 16.6. The zero-order chi connectivity index (χ0) is 23.5. The van der Waals surface area contributed by atoms with Crippen LogP contribution in [-0.2, 0) is 11.3 Å². The number of rotatable bonds is 6. The Labute approximate surface area is 202 Å². The highest BCUT2D eigenvalue weighted by Gasteiger charge is 2.27. The summed E-state index contributed by atoms with van der Waals surface area (Å²) in [4.78, 5) is 35.5. The largest absolute Gasteiger partial charge is 0.467 e. The lowest BCUT2D eigenvalue weighted by molar-refractivity contribution is -0.130. The number of aromatic nitrogens is 2. The number of benzene rings is 2. The highest BCUT2D eigenvalue weighted by Crippen LogP contribution is 2.25. The summed E-state index contributed by atoms with van der Waals surface area (Å²) in [6, 6.07) is 21.2. The quantitative estimate of drug-likeness (QED) is 0.312. The van der Waals surface area contributed by atoms with Crippen LogP contribution >= 0.6 is 11.8 Å². The first-order valence-electron chi connectivity index (χ1n) is 11.4. The van der Waals surface area contributed by atoms with Crippen molar-refractivity contribution in [3.05, 3.63) is 89.1 Å². The number of para-hydroxylation sites is 2. The van der Waals surface area contributed by atoms with Crippen LogP contribution in [0.5, 0.6) is 0 Å². The number of hydrogen-bond acceptors (Lipinski definition) is 6. The van der Waals surface area contributed by atoms with E-state index in [1.54, 1.807) is 23.0 Å². The van der Waals surface area contributed by atoms with Gasteiger partial charge in [-0.1, -0.05) is 42.1 Å². The van der Waals surface area contributed by atoms with Gasteiger partial charge in [0, 0.05) is 31.9 Å². The average molecular weight is 475 g/mol. The van der Waals surface area contributed by atoms with Crippen molar-refractivity contribution in [3.63, 3.8) is 0 Å². The van der Waals surface area contributed by atoms with E-state index in [0.29, 0.717) is 34.9 Å². The molecular formula is C26H26N4O3S. The van der Waals surface area contributed by atoms with Crippen LogP contribution in [-0.4, -0.2) is 51.8 Å². The van der Waals surface area contributed by atoms with Crippen molar-refractivity contribution < 1.29 is 9.21 Å². The molecule has 3 heterocycles. The van der Waals surface area contributed by atoms with Gasteiger partial charge < -0.3 is 14.2 Å². The molecule has 34 heavy (non-hydrogen) atoms. The van der Waals surface area contributed by atoms with Crippen LogP contribution in [0, 0.1) is 0 Å². The second-order valence-electron chi connectivity index (χ2n) is 8.29. The average Bonchev–Trinajstić information content (AvgIpc) is 3.40. The molecule has 174 valence electrons. The van der Waals surface area contributed by atoms with Gasteiger partial charge in [0.15, 0.2) is 5.16 Å². The predicted octanol–water partition coefficient (Wildman–Crippen LogP) is 3.87. The third kappa shape index (κ3) is 4.59. The molecule has 1 aliphatic rings. The van der Waals surface area contributed by atoms with Gasteiger partial charge in [-0.05, 0) is 43.3 Å². The van der Waals surface area contributed by atoms with Crippen molar-refractivity contribution in [1.82, 2.24) is 14.5 Å². The van der Waals surface area contributed by atoms with Crippen molar-refractivity contribution in [1.29, 1.82) is 0 Å². The van der Waals surface area contributed by atoms with Crippen LogP contribution in [0.1, 0.15) is 12.7 Å². The first kappa shape index (κ1) is 22.3. The Bertz CT molecular complexity index is 1330. The lowest BCUT2D eigenvalue weighted by Gasteiger charge is -2.37. The maximum atomic E-state index is 13.3. The first-order valence-corrected chi connectivity index (χ1v) is 12.3. The number of fused-ring (bicyclic) bond motifs is 1. The number of thioether (sulfide) groups is 1. The zero-order valence-corrected chi connectivity index (χ0v) is 19.8. The Morgan fingerprint density at radius 1 is 1.00 bits per heavy atom. The number of nitrogens with zero attached hydrogens (tertiary/aromatic N) is 4. The van der Waals surface area contributed by atoms with E-state index in [4.69, 9.17) is 9.40 Å². The standard InChI is InChI=1S/C26H26N4O3S/c1-19(24(31)29-15-13-28(14-16-29)20-8-3-2-4-9-20)34-26-27-23-12-6-5-11-22(23)25(32)30(26)18-21-10-7-17-33-21/h2-12,17,19H,13-16,18H2,1H3. The number of carbonyl (C=O) groups excluding carboxylic acids is 1. The van der Waals surface area contributed by atoms with E-state index < -0.39 is 0 Å². The summed E-state index contributed by atoms with van der Waals surface area (Å²) in [6.07, 6.45) is 1.59. The fourth-order valence-corrected chi connectivity index (χ4v) is 5.22. The molecule has 7 nitrogen and oxygen atoms in total. The van der Waals surface area contributed by atoms with Crippen LogP contribution in [0.15, 0.2) is 87.4 Å². The van der Waals surface area contributed by atoms with Crippen LogP contribution in [0.3, 0.4) is 0 Å². The molecule has 1 fully saturated rings. The molecule has 1 aliphatic heterocycles. The van der Waals surface area contributed by atoms with Crippen LogP contribution in [0.25, 0.3) is 10.9 Å². The molecule has 0 saturated carbocycles. The maximum Gasteiger partial charge on any atom is 0.262 e. The molecule has 5 rings (SSSR count). The minimum Gasteiger partial charge on any atom is -0.467 e. The SMILES string of the molecule is CC(Sc1nc2ccccc2c(=O)n1Cc1ccco1)C(=O)N1CCN(c2ccccc2)CC1. The number of amides is 1. The van der Waals surface area contributed by atoms with Gasteiger partial charge in [-0.15, -0.1) is 0 Å². The van der Waals surface area contributed by atoms with E-state index in [2.05, 4.69) is 17.0 Å². The molecule has 8 heteroatoms. The van der Waals surface area contributed by atoms with Crippen molar-refractivity contribution >= 4 is 34.3 Å². The van der Waals surface area contributed by atoms with Crippen LogP contribution in [0.4, 0.5) is 5.69 Å². The number of piperazine rings is 1. The van der Waals surface area contributed by atoms with Gasteiger partial charge in [-0.25, -0.2) is 4.98 Å². The smallest absolute Gasteiger partial charge is 0.262 e. The highest BCUT2D eigenvalue weighted by atomic mass is 32.2. The molecule has 1 unspecified atom stereocenters. The summed E-state index contributed by atoms with van der Waals surface area (Å²) in [5.41, 5.74) is 1.67. The summed E-state index contributed by atoms with van der Waals surface area (Å²) < 4.78 is 7.08. The van der Waals surface area contributed by atoms with Gasteiger partial charge in [-0.2, -0.15) is 0 Å². The molecule has 0 radical (unpaired) electrons. The van der Waals surface area contributed by atoms with E-state index in [1.165, 1.54) is 17.4 Å². The Kier molecular flexibility index (Phi) is 6.40. The van der Waals surface area contributed by atoms with E-state index in [-0.39, 0.29) is 23.3 Å². The molecule has 0 spiro atoms. The molecule has 0 aliphatic carbocycles. The van der Waals surface area contributed by atoms with Crippen molar-refractivity contribution in [2.24, 2.45) is 0 Å². The summed E-state index contributed by atoms with van der Waals surface area (Å²) in [5, 5.41) is 0.692. The van der Waals surface area contributed by atoms with Crippen LogP contribution < -0.4 is 10.5 Å². The number of hydrogen-bond donors (Lipinski definition) is 0. The fourth-order valence-electron chi connectivity index (χ4n) is 4.22. The summed E-state index contributed by atoms with van der Waals surface area (Å²) >= 11 is 1.33. The van der Waals surface area contributed by atoms with Crippen molar-refractivity contribution in [2.75, 3.05) is 31.1 Å². The molecule has 1 amide bonds. The third-order valence-electron chi connectivity index (χ3n) is 6.06. The van der Waals surface area contributed by atoms with Gasteiger partial charge in [0.2, 0.25) is 5.91 Å². The number of carbonyl (C=O) groups is 1. The molecule has 1 saturated heterocycles. The molecule has 2 aromatic heterocycles. The molecule has 0 N–H and O–H groups in total. The minimum atomic E-state index is -0.376. The normalized spacial score (nSPS) is 15.0.